The first-order chi connectivity index (χ1) is 8.29. The van der Waals surface area contributed by atoms with Crippen LogP contribution in [0.1, 0.15) is 20.3 Å². The third-order valence-electron chi connectivity index (χ3n) is 2.18. The first kappa shape index (κ1) is 16.0. The van der Waals surface area contributed by atoms with Crippen molar-refractivity contribution in [1.29, 1.82) is 0 Å². The van der Waals surface area contributed by atoms with E-state index in [9.17, 15) is 14.4 Å². The van der Waals surface area contributed by atoms with E-state index in [0.717, 1.165) is 0 Å². The lowest BCUT2D eigenvalue weighted by Gasteiger charge is -2.27. The van der Waals surface area contributed by atoms with E-state index in [1.54, 1.807) is 13.8 Å². The standard InChI is InChI=1S/C11H18N2O5/c1-4-5-13(7(2)3)11(18)12-8(10(16)17)6-9(14)15/h4,7-8H,1,5-6H2,2-3H3,(H,12,18)(H,14,15)(H,16,17). The molecule has 1 unspecified atom stereocenters. The Balaban J connectivity index is 4.70. The zero-order valence-electron chi connectivity index (χ0n) is 10.4. The molecule has 0 aliphatic rings. The number of urea groups is 1. The van der Waals surface area contributed by atoms with Gasteiger partial charge in [-0.2, -0.15) is 0 Å². The fraction of sp³-hybridized carbons (Fsp3) is 0.545. The van der Waals surface area contributed by atoms with Crippen LogP contribution in [0.3, 0.4) is 0 Å². The summed E-state index contributed by atoms with van der Waals surface area (Å²) in [6.07, 6.45) is 0.841. The van der Waals surface area contributed by atoms with Crippen molar-refractivity contribution in [3.63, 3.8) is 0 Å². The van der Waals surface area contributed by atoms with Crippen LogP contribution in [0.2, 0.25) is 0 Å². The van der Waals surface area contributed by atoms with Gasteiger partial charge in [-0.3, -0.25) is 4.79 Å². The Morgan fingerprint density at radius 2 is 1.89 bits per heavy atom. The van der Waals surface area contributed by atoms with E-state index in [1.807, 2.05) is 0 Å². The van der Waals surface area contributed by atoms with Gasteiger partial charge in [0, 0.05) is 12.6 Å². The lowest BCUT2D eigenvalue weighted by molar-refractivity contribution is -0.145. The number of rotatable bonds is 7. The van der Waals surface area contributed by atoms with Crippen LogP contribution in [0.4, 0.5) is 4.79 Å². The van der Waals surface area contributed by atoms with Gasteiger partial charge in [0.25, 0.3) is 0 Å². The highest BCUT2D eigenvalue weighted by molar-refractivity contribution is 5.86. The maximum atomic E-state index is 11.8. The van der Waals surface area contributed by atoms with E-state index >= 15 is 0 Å². The van der Waals surface area contributed by atoms with E-state index in [1.165, 1.54) is 11.0 Å². The predicted molar refractivity (Wildman–Crippen MR) is 64.2 cm³/mol. The Hall–Kier alpha value is -2.05. The van der Waals surface area contributed by atoms with Crippen LogP contribution in [0, 0.1) is 0 Å². The van der Waals surface area contributed by atoms with E-state index < -0.39 is 30.4 Å². The minimum Gasteiger partial charge on any atom is -0.481 e. The summed E-state index contributed by atoms with van der Waals surface area (Å²) >= 11 is 0. The minimum absolute atomic E-state index is 0.151. The van der Waals surface area contributed by atoms with Gasteiger partial charge >= 0.3 is 18.0 Å². The van der Waals surface area contributed by atoms with Gasteiger partial charge < -0.3 is 20.4 Å². The van der Waals surface area contributed by atoms with Crippen molar-refractivity contribution in [1.82, 2.24) is 10.2 Å². The summed E-state index contributed by atoms with van der Waals surface area (Å²) in [4.78, 5) is 34.4. The summed E-state index contributed by atoms with van der Waals surface area (Å²) < 4.78 is 0. The topological polar surface area (TPSA) is 107 Å². The smallest absolute Gasteiger partial charge is 0.326 e. The molecular formula is C11H18N2O5. The Morgan fingerprint density at radius 3 is 2.22 bits per heavy atom. The molecule has 0 rings (SSSR count). The zero-order chi connectivity index (χ0) is 14.3. The predicted octanol–water partition coefficient (Wildman–Crippen LogP) is 0.520. The molecule has 0 aromatic heterocycles. The molecule has 0 heterocycles. The third-order valence-corrected chi connectivity index (χ3v) is 2.18. The molecule has 7 heteroatoms. The van der Waals surface area contributed by atoms with Crippen LogP contribution in [0.25, 0.3) is 0 Å². The monoisotopic (exact) mass is 258 g/mol. The molecule has 0 fully saturated rings. The van der Waals surface area contributed by atoms with Crippen LogP contribution in [0.15, 0.2) is 12.7 Å². The molecule has 3 N–H and O–H groups in total. The largest absolute Gasteiger partial charge is 0.481 e. The SMILES string of the molecule is C=CCN(C(=O)NC(CC(=O)O)C(=O)O)C(C)C. The highest BCUT2D eigenvalue weighted by atomic mass is 16.4. The zero-order valence-corrected chi connectivity index (χ0v) is 10.4. The van der Waals surface area contributed by atoms with E-state index in [-0.39, 0.29) is 12.6 Å². The molecule has 1 atom stereocenters. The number of nitrogens with one attached hydrogen (secondary N) is 1. The number of carbonyl (C=O) groups excluding carboxylic acids is 1. The maximum absolute atomic E-state index is 11.8. The first-order valence-electron chi connectivity index (χ1n) is 5.42. The van der Waals surface area contributed by atoms with Gasteiger partial charge in [0.15, 0.2) is 0 Å². The van der Waals surface area contributed by atoms with Gasteiger partial charge in [-0.15, -0.1) is 6.58 Å². The molecular weight excluding hydrogens is 240 g/mol. The van der Waals surface area contributed by atoms with Crippen LogP contribution in [0.5, 0.6) is 0 Å². The molecule has 102 valence electrons. The lowest BCUT2D eigenvalue weighted by Crippen LogP contribution is -2.50. The fourth-order valence-electron chi connectivity index (χ4n) is 1.27. The van der Waals surface area contributed by atoms with Crippen molar-refractivity contribution in [2.75, 3.05) is 6.54 Å². The second-order valence-electron chi connectivity index (χ2n) is 3.97. The number of carboxylic acids is 2. The number of aliphatic carboxylic acids is 2. The van der Waals surface area contributed by atoms with Crippen molar-refractivity contribution >= 4 is 18.0 Å². The van der Waals surface area contributed by atoms with Gasteiger partial charge in [-0.25, -0.2) is 9.59 Å². The quantitative estimate of drug-likeness (QED) is 0.577. The fourth-order valence-corrected chi connectivity index (χ4v) is 1.27. The molecule has 18 heavy (non-hydrogen) atoms. The summed E-state index contributed by atoms with van der Waals surface area (Å²) in [5.41, 5.74) is 0. The molecule has 2 amide bonds. The summed E-state index contributed by atoms with van der Waals surface area (Å²) in [6, 6.07) is -2.22. The molecule has 0 aromatic carbocycles. The lowest BCUT2D eigenvalue weighted by atomic mass is 10.2. The van der Waals surface area contributed by atoms with E-state index in [4.69, 9.17) is 10.2 Å². The second-order valence-corrected chi connectivity index (χ2v) is 3.97. The molecule has 0 saturated carbocycles. The Morgan fingerprint density at radius 1 is 1.33 bits per heavy atom. The molecule has 0 bridgehead atoms. The third kappa shape index (κ3) is 5.33. The Bertz CT molecular complexity index is 340. The van der Waals surface area contributed by atoms with Crippen molar-refractivity contribution in [2.45, 2.75) is 32.4 Å². The van der Waals surface area contributed by atoms with Gasteiger partial charge in [0.1, 0.15) is 6.04 Å². The summed E-state index contributed by atoms with van der Waals surface area (Å²) in [5.74, 6) is -2.67. The molecule has 0 spiro atoms. The normalized spacial score (nSPS) is 11.7. The number of hydrogen-bond acceptors (Lipinski definition) is 3. The molecule has 7 nitrogen and oxygen atoms in total. The summed E-state index contributed by atoms with van der Waals surface area (Å²) in [5, 5.41) is 19.5. The number of carboxylic acid groups (broad SMARTS) is 2. The Labute approximate surface area is 105 Å². The van der Waals surface area contributed by atoms with Crippen molar-refractivity contribution < 1.29 is 24.6 Å². The van der Waals surface area contributed by atoms with Crippen LogP contribution < -0.4 is 5.32 Å². The number of hydrogen-bond donors (Lipinski definition) is 3. The highest BCUT2D eigenvalue weighted by Gasteiger charge is 2.26. The molecule has 0 aliphatic heterocycles. The number of carbonyl (C=O) groups is 3. The average molecular weight is 258 g/mol. The van der Waals surface area contributed by atoms with Crippen LogP contribution in [-0.2, 0) is 9.59 Å². The second kappa shape index (κ2) is 7.31. The van der Waals surface area contributed by atoms with E-state index in [2.05, 4.69) is 11.9 Å². The molecule has 0 aliphatic carbocycles. The van der Waals surface area contributed by atoms with Gasteiger partial charge in [-0.05, 0) is 13.8 Å². The maximum Gasteiger partial charge on any atom is 0.326 e. The average Bonchev–Trinajstić information content (AvgIpc) is 2.23. The van der Waals surface area contributed by atoms with Gasteiger partial charge in [0.2, 0.25) is 0 Å². The van der Waals surface area contributed by atoms with Crippen molar-refractivity contribution in [3.05, 3.63) is 12.7 Å². The summed E-state index contributed by atoms with van der Waals surface area (Å²) in [7, 11) is 0. The molecule has 0 radical (unpaired) electrons. The van der Waals surface area contributed by atoms with Crippen molar-refractivity contribution in [2.24, 2.45) is 0 Å². The molecule has 0 saturated heterocycles. The minimum atomic E-state index is -1.44. The van der Waals surface area contributed by atoms with Gasteiger partial charge in [0.05, 0.1) is 6.42 Å². The number of amides is 2. The van der Waals surface area contributed by atoms with E-state index in [0.29, 0.717) is 0 Å². The first-order valence-corrected chi connectivity index (χ1v) is 5.42. The van der Waals surface area contributed by atoms with Crippen LogP contribution in [-0.4, -0.2) is 51.7 Å². The van der Waals surface area contributed by atoms with Crippen molar-refractivity contribution in [3.8, 4) is 0 Å². The number of nitrogens with zero attached hydrogens (tertiary/aromatic N) is 1. The molecule has 0 aromatic rings. The highest BCUT2D eigenvalue weighted by Crippen LogP contribution is 2.01. The van der Waals surface area contributed by atoms with Gasteiger partial charge in [-0.1, -0.05) is 6.08 Å². The summed E-state index contributed by atoms with van der Waals surface area (Å²) in [6.45, 7) is 7.27. The van der Waals surface area contributed by atoms with Crippen LogP contribution >= 0.6 is 0 Å². The Kier molecular flexibility index (Phi) is 6.48.